The summed E-state index contributed by atoms with van der Waals surface area (Å²) in [6.07, 6.45) is -2.85. The summed E-state index contributed by atoms with van der Waals surface area (Å²) in [5.41, 5.74) is 13.2. The predicted molar refractivity (Wildman–Crippen MR) is 106 cm³/mol. The fourth-order valence-electron chi connectivity index (χ4n) is 2.95. The van der Waals surface area contributed by atoms with Gasteiger partial charge in [-0.25, -0.2) is 4.98 Å². The van der Waals surface area contributed by atoms with Gasteiger partial charge in [-0.3, -0.25) is 9.78 Å². The molecule has 30 heavy (non-hydrogen) atoms. The van der Waals surface area contributed by atoms with Crippen LogP contribution in [-0.2, 0) is 25.8 Å². The lowest BCUT2D eigenvalue weighted by Gasteiger charge is -2.10. The maximum atomic E-state index is 12.8. The number of aromatic nitrogens is 2. The van der Waals surface area contributed by atoms with Crippen LogP contribution in [0.5, 0.6) is 0 Å². The number of nitrogens with zero attached hydrogens (tertiary/aromatic N) is 2. The molecule has 0 bridgehead atoms. The molecule has 0 saturated heterocycles. The smallest absolute Gasteiger partial charge is 0.364 e. The van der Waals surface area contributed by atoms with Crippen molar-refractivity contribution in [2.75, 3.05) is 0 Å². The first kappa shape index (κ1) is 21.4. The van der Waals surface area contributed by atoms with Crippen LogP contribution in [0, 0.1) is 0 Å². The Bertz CT molecular complexity index is 1050. The number of hydrogen-bond donors (Lipinski definition) is 3. The molecule has 0 saturated carbocycles. The molecule has 0 spiro atoms. The van der Waals surface area contributed by atoms with Crippen LogP contribution in [0.15, 0.2) is 54.7 Å². The molecule has 156 valence electrons. The summed E-state index contributed by atoms with van der Waals surface area (Å²) in [5.74, 6) is -0.705. The van der Waals surface area contributed by atoms with Gasteiger partial charge < -0.3 is 16.8 Å². The highest BCUT2D eigenvalue weighted by atomic mass is 19.4. The minimum atomic E-state index is -4.37. The topological polar surface area (TPSA) is 107 Å². The normalized spacial score (nSPS) is 11.5. The van der Waals surface area contributed by atoms with Crippen molar-refractivity contribution >= 4 is 5.91 Å². The van der Waals surface area contributed by atoms with Gasteiger partial charge in [0.25, 0.3) is 5.91 Å². The van der Waals surface area contributed by atoms with Gasteiger partial charge in [0.2, 0.25) is 0 Å². The van der Waals surface area contributed by atoms with Gasteiger partial charge in [-0.05, 0) is 23.3 Å². The van der Waals surface area contributed by atoms with Crippen LogP contribution in [0.25, 0.3) is 11.3 Å². The van der Waals surface area contributed by atoms with Gasteiger partial charge in [0, 0.05) is 25.2 Å². The third kappa shape index (κ3) is 5.19. The Balaban J connectivity index is 1.71. The van der Waals surface area contributed by atoms with Gasteiger partial charge in [-0.1, -0.05) is 36.4 Å². The second-order valence-electron chi connectivity index (χ2n) is 6.62. The van der Waals surface area contributed by atoms with Gasteiger partial charge >= 0.3 is 6.18 Å². The second-order valence-corrected chi connectivity index (χ2v) is 6.62. The van der Waals surface area contributed by atoms with E-state index in [9.17, 15) is 18.0 Å². The molecule has 1 amide bonds. The largest absolute Gasteiger partial charge is 0.416 e. The molecule has 0 aliphatic rings. The number of nitrogens with two attached hydrogens (primary N) is 2. The lowest BCUT2D eigenvalue weighted by Crippen LogP contribution is -2.19. The first-order chi connectivity index (χ1) is 14.3. The first-order valence-corrected chi connectivity index (χ1v) is 9.10. The molecule has 0 aliphatic heterocycles. The fraction of sp³-hybridized carbons (Fsp3) is 0.190. The first-order valence-electron chi connectivity index (χ1n) is 9.10. The highest BCUT2D eigenvalue weighted by Gasteiger charge is 2.30. The van der Waals surface area contributed by atoms with Gasteiger partial charge in [0.15, 0.2) is 5.69 Å². The van der Waals surface area contributed by atoms with Crippen LogP contribution >= 0.6 is 0 Å². The van der Waals surface area contributed by atoms with Crippen LogP contribution in [0.2, 0.25) is 0 Å². The van der Waals surface area contributed by atoms with Crippen LogP contribution < -0.4 is 16.8 Å². The Morgan fingerprint density at radius 1 is 1.03 bits per heavy atom. The third-order valence-electron chi connectivity index (χ3n) is 4.41. The number of amides is 1. The van der Waals surface area contributed by atoms with Crippen molar-refractivity contribution < 1.29 is 18.0 Å². The zero-order chi connectivity index (χ0) is 21.7. The minimum absolute atomic E-state index is 0.0306. The number of primary amides is 1. The predicted octanol–water partition coefficient (Wildman–Crippen LogP) is 3.01. The molecule has 9 heteroatoms. The highest BCUT2D eigenvalue weighted by molar-refractivity contribution is 5.92. The SMILES string of the molecule is NCc1ncc(-c2cccc(CNCc3cccc(C(F)(F)F)c3)c2)nc1C(N)=O. The number of alkyl halides is 3. The molecule has 1 aromatic heterocycles. The second kappa shape index (κ2) is 9.02. The van der Waals surface area contributed by atoms with Crippen molar-refractivity contribution in [1.29, 1.82) is 0 Å². The van der Waals surface area contributed by atoms with Crippen molar-refractivity contribution in [2.24, 2.45) is 11.5 Å². The third-order valence-corrected chi connectivity index (χ3v) is 4.41. The molecular weight excluding hydrogens is 395 g/mol. The zero-order valence-corrected chi connectivity index (χ0v) is 15.9. The summed E-state index contributed by atoms with van der Waals surface area (Å²) in [6.45, 7) is 0.761. The van der Waals surface area contributed by atoms with E-state index in [-0.39, 0.29) is 18.8 Å². The number of nitrogens with one attached hydrogen (secondary N) is 1. The Morgan fingerprint density at radius 3 is 2.33 bits per heavy atom. The van der Waals surface area contributed by atoms with Gasteiger partial charge in [0.05, 0.1) is 23.1 Å². The molecular formula is C21H20F3N5O. The van der Waals surface area contributed by atoms with E-state index in [2.05, 4.69) is 15.3 Å². The quantitative estimate of drug-likeness (QED) is 0.550. The van der Waals surface area contributed by atoms with E-state index in [1.807, 2.05) is 24.3 Å². The molecule has 3 rings (SSSR count). The van der Waals surface area contributed by atoms with E-state index >= 15 is 0 Å². The Hall–Kier alpha value is -3.30. The standard InChI is InChI=1S/C21H20F3N5O/c22-21(23,24)16-6-2-4-14(8-16)11-27-10-13-3-1-5-15(7-13)18-12-28-17(9-25)19(29-18)20(26)30/h1-8,12,27H,9-11,25H2,(H2,26,30). The summed E-state index contributed by atoms with van der Waals surface area (Å²) in [6, 6.07) is 12.6. The molecule has 0 fully saturated rings. The fourth-order valence-corrected chi connectivity index (χ4v) is 2.95. The van der Waals surface area contributed by atoms with Crippen molar-refractivity contribution in [3.05, 3.63) is 82.8 Å². The van der Waals surface area contributed by atoms with Crippen molar-refractivity contribution in [3.8, 4) is 11.3 Å². The molecule has 0 unspecified atom stereocenters. The van der Waals surface area contributed by atoms with Crippen LogP contribution in [0.3, 0.4) is 0 Å². The van der Waals surface area contributed by atoms with Crippen LogP contribution in [-0.4, -0.2) is 15.9 Å². The number of hydrogen-bond acceptors (Lipinski definition) is 5. The molecule has 2 aromatic carbocycles. The summed E-state index contributed by atoms with van der Waals surface area (Å²) in [7, 11) is 0. The Labute approximate surface area is 171 Å². The Morgan fingerprint density at radius 2 is 1.70 bits per heavy atom. The summed E-state index contributed by atoms with van der Waals surface area (Å²) < 4.78 is 38.5. The number of carbonyl (C=O) groups excluding carboxylic acids is 1. The highest BCUT2D eigenvalue weighted by Crippen LogP contribution is 2.29. The number of rotatable bonds is 7. The zero-order valence-electron chi connectivity index (χ0n) is 15.9. The van der Waals surface area contributed by atoms with Crippen LogP contribution in [0.4, 0.5) is 13.2 Å². The number of halogens is 3. The summed E-state index contributed by atoms with van der Waals surface area (Å²) >= 11 is 0. The van der Waals surface area contributed by atoms with Crippen molar-refractivity contribution in [3.63, 3.8) is 0 Å². The van der Waals surface area contributed by atoms with E-state index in [4.69, 9.17) is 11.5 Å². The van der Waals surface area contributed by atoms with Crippen LogP contribution in [0.1, 0.15) is 32.9 Å². The van der Waals surface area contributed by atoms with Gasteiger partial charge in [-0.15, -0.1) is 0 Å². The molecule has 6 nitrogen and oxygen atoms in total. The average molecular weight is 415 g/mol. The van der Waals surface area contributed by atoms with E-state index < -0.39 is 17.6 Å². The average Bonchev–Trinajstić information content (AvgIpc) is 2.73. The maximum absolute atomic E-state index is 12.8. The summed E-state index contributed by atoms with van der Waals surface area (Å²) in [4.78, 5) is 20.0. The monoisotopic (exact) mass is 415 g/mol. The summed E-state index contributed by atoms with van der Waals surface area (Å²) in [5, 5.41) is 3.13. The molecule has 5 N–H and O–H groups in total. The van der Waals surface area contributed by atoms with Crippen molar-refractivity contribution in [2.45, 2.75) is 25.8 Å². The lowest BCUT2D eigenvalue weighted by molar-refractivity contribution is -0.137. The van der Waals surface area contributed by atoms with Crippen molar-refractivity contribution in [1.82, 2.24) is 15.3 Å². The molecule has 0 atom stereocenters. The lowest BCUT2D eigenvalue weighted by atomic mass is 10.1. The minimum Gasteiger partial charge on any atom is -0.364 e. The van der Waals surface area contributed by atoms with E-state index in [0.717, 1.165) is 23.3 Å². The molecule has 3 aromatic rings. The number of benzene rings is 2. The Kier molecular flexibility index (Phi) is 6.43. The van der Waals surface area contributed by atoms with Gasteiger partial charge in [-0.2, -0.15) is 13.2 Å². The maximum Gasteiger partial charge on any atom is 0.416 e. The molecule has 0 aliphatic carbocycles. The molecule has 0 radical (unpaired) electrons. The van der Waals surface area contributed by atoms with E-state index in [1.54, 1.807) is 6.07 Å². The van der Waals surface area contributed by atoms with E-state index in [0.29, 0.717) is 23.5 Å². The number of carbonyl (C=O) groups is 1. The van der Waals surface area contributed by atoms with Gasteiger partial charge in [0.1, 0.15) is 0 Å². The molecule has 1 heterocycles. The van der Waals surface area contributed by atoms with E-state index in [1.165, 1.54) is 12.3 Å².